The Bertz CT molecular complexity index is 915. The van der Waals surface area contributed by atoms with Crippen molar-refractivity contribution in [2.45, 2.75) is 89.1 Å². The molecule has 3 rings (SSSR count). The summed E-state index contributed by atoms with van der Waals surface area (Å²) in [5.74, 6) is 1.64. The van der Waals surface area contributed by atoms with E-state index in [2.05, 4.69) is 89.8 Å². The number of aromatic nitrogens is 1. The minimum absolute atomic E-state index is 0.744. The Labute approximate surface area is 201 Å². The average molecular weight is 659 g/mol. The van der Waals surface area contributed by atoms with Crippen molar-refractivity contribution in [1.82, 2.24) is 4.57 Å². The molecule has 0 spiro atoms. The molecule has 30 heavy (non-hydrogen) atoms. The summed E-state index contributed by atoms with van der Waals surface area (Å²) in [5.41, 5.74) is 3.10. The van der Waals surface area contributed by atoms with Gasteiger partial charge in [-0.05, 0) is 0 Å². The van der Waals surface area contributed by atoms with Crippen LogP contribution in [-0.4, -0.2) is 41.3 Å². The van der Waals surface area contributed by atoms with Crippen LogP contribution in [0.15, 0.2) is 12.1 Å². The first-order valence-electron chi connectivity index (χ1n) is 12.0. The van der Waals surface area contributed by atoms with E-state index in [0.717, 1.165) is 11.8 Å². The molecule has 3 aromatic rings. The van der Waals surface area contributed by atoms with Gasteiger partial charge in [0.1, 0.15) is 0 Å². The van der Waals surface area contributed by atoms with Gasteiger partial charge in [-0.3, -0.25) is 0 Å². The van der Waals surface area contributed by atoms with Gasteiger partial charge < -0.3 is 0 Å². The zero-order valence-corrected chi connectivity index (χ0v) is 28.2. The van der Waals surface area contributed by atoms with Crippen molar-refractivity contribution in [2.24, 2.45) is 11.8 Å². The summed E-state index contributed by atoms with van der Waals surface area (Å²) in [6, 6.07) is 5.20. The molecule has 168 valence electrons. The van der Waals surface area contributed by atoms with E-state index in [0.29, 0.717) is 0 Å². The predicted molar refractivity (Wildman–Crippen MR) is 148 cm³/mol. The van der Waals surface area contributed by atoms with Gasteiger partial charge in [0.15, 0.2) is 0 Å². The monoisotopic (exact) mass is 661 g/mol. The molecule has 0 amide bonds. The fourth-order valence-electron chi connectivity index (χ4n) is 4.49. The minimum atomic E-state index is -2.06. The first-order valence-corrected chi connectivity index (χ1v) is 33.6. The molecule has 3 heterocycles. The van der Waals surface area contributed by atoms with Gasteiger partial charge in [0.05, 0.1) is 0 Å². The molecule has 1 nitrogen and oxygen atoms in total. The van der Waals surface area contributed by atoms with Crippen LogP contribution >= 0.6 is 22.7 Å². The van der Waals surface area contributed by atoms with Crippen molar-refractivity contribution >= 4 is 85.6 Å². The van der Waals surface area contributed by atoms with Crippen molar-refractivity contribution in [2.75, 3.05) is 0 Å². The summed E-state index contributed by atoms with van der Waals surface area (Å²) in [5, 5.41) is 0. The maximum absolute atomic E-state index is 2.73. The molecule has 0 saturated heterocycles. The Morgan fingerprint density at radius 3 is 1.77 bits per heavy atom. The quantitative estimate of drug-likeness (QED) is 0.193. The molecule has 3 aromatic heterocycles. The number of unbranched alkanes of at least 4 members (excludes halogenated alkanes) is 1. The molecule has 0 radical (unpaired) electrons. The van der Waals surface area contributed by atoms with Crippen molar-refractivity contribution < 1.29 is 0 Å². The molecule has 0 aromatic carbocycles. The summed E-state index contributed by atoms with van der Waals surface area (Å²) < 4.78 is 9.41. The molecule has 0 fully saturated rings. The van der Waals surface area contributed by atoms with Crippen LogP contribution in [-0.2, 0) is 6.54 Å². The molecule has 2 atom stereocenters. The van der Waals surface area contributed by atoms with Gasteiger partial charge in [-0.15, -0.1) is 0 Å². The van der Waals surface area contributed by atoms with Gasteiger partial charge in [-0.25, -0.2) is 0 Å². The number of hydrogen-bond acceptors (Lipinski definition) is 2. The Kier molecular flexibility index (Phi) is 8.44. The first-order chi connectivity index (χ1) is 14.0. The standard InChI is InChI=1S/C19H25NS2.6CH3.2Sn/c1-4-6-7-15(5-2)12-14(3)13-20-16-8-10-21-18(16)19-17(20)9-11-22-19;;;;;;;;/h8-9,14-15H,4-7,12-13H2,1-3H3;6*1H3;;. The number of nitrogens with zero attached hydrogens (tertiary/aromatic N) is 1. The van der Waals surface area contributed by atoms with Crippen LogP contribution in [0.2, 0.25) is 29.6 Å². The van der Waals surface area contributed by atoms with E-state index in [1.807, 2.05) is 0 Å². The third kappa shape index (κ3) is 5.64. The zero-order chi connectivity index (χ0) is 22.3. The van der Waals surface area contributed by atoms with Crippen LogP contribution in [0.4, 0.5) is 0 Å². The SMILES string of the molecule is CCCCC(CC)CC(C)Cn1c2c[c]([Sn]([CH3])([CH3])[CH3])sc2c2s[c]([Sn]([CH3])([CH3])[CH3])cc21. The topological polar surface area (TPSA) is 4.93 Å². The third-order valence-corrected chi connectivity index (χ3v) is 27.7. The normalized spacial score (nSPS) is 15.4. The Balaban J connectivity index is 2.01. The molecule has 0 bridgehead atoms. The average Bonchev–Trinajstić information content (AvgIpc) is 3.30. The van der Waals surface area contributed by atoms with E-state index < -0.39 is 36.8 Å². The van der Waals surface area contributed by atoms with Gasteiger partial charge in [0, 0.05) is 0 Å². The van der Waals surface area contributed by atoms with Crippen molar-refractivity contribution in [3.05, 3.63) is 12.1 Å². The molecule has 0 aliphatic carbocycles. The summed E-state index contributed by atoms with van der Waals surface area (Å²) in [6.45, 7) is 8.40. The van der Waals surface area contributed by atoms with E-state index in [4.69, 9.17) is 0 Å². The van der Waals surface area contributed by atoms with E-state index in [9.17, 15) is 0 Å². The Morgan fingerprint density at radius 1 is 0.867 bits per heavy atom. The van der Waals surface area contributed by atoms with E-state index in [1.165, 1.54) is 38.6 Å². The van der Waals surface area contributed by atoms with Crippen LogP contribution in [0.3, 0.4) is 0 Å². The number of rotatable bonds is 10. The zero-order valence-electron chi connectivity index (χ0n) is 20.8. The van der Waals surface area contributed by atoms with Crippen LogP contribution in [0.1, 0.15) is 52.9 Å². The second-order valence-corrected chi connectivity index (χ2v) is 44.5. The number of fused-ring (bicyclic) bond motifs is 3. The molecular weight excluding hydrogens is 616 g/mol. The second kappa shape index (κ2) is 9.96. The fraction of sp³-hybridized carbons (Fsp3) is 0.680. The Hall–Kier alpha value is 0.797. The first kappa shape index (κ1) is 25.4. The predicted octanol–water partition coefficient (Wildman–Crippen LogP) is 8.25. The van der Waals surface area contributed by atoms with Crippen LogP contribution < -0.4 is 5.79 Å². The van der Waals surface area contributed by atoms with Crippen molar-refractivity contribution in [3.63, 3.8) is 0 Å². The van der Waals surface area contributed by atoms with Gasteiger partial charge >= 0.3 is 203 Å². The number of hydrogen-bond donors (Lipinski definition) is 0. The Morgan fingerprint density at radius 2 is 1.37 bits per heavy atom. The fourth-order valence-corrected chi connectivity index (χ4v) is 17.3. The summed E-state index contributed by atoms with van der Waals surface area (Å²) in [6.07, 6.45) is 6.85. The summed E-state index contributed by atoms with van der Waals surface area (Å²) in [4.78, 5) is 15.4. The molecule has 0 N–H and O–H groups in total. The van der Waals surface area contributed by atoms with E-state index in [1.54, 1.807) is 26.2 Å². The molecular formula is C25H43NS2Sn2. The molecule has 0 aliphatic heterocycles. The third-order valence-electron chi connectivity index (χ3n) is 6.46. The molecule has 2 unspecified atom stereocenters. The summed E-state index contributed by atoms with van der Waals surface area (Å²) in [7, 11) is 0. The van der Waals surface area contributed by atoms with E-state index in [-0.39, 0.29) is 0 Å². The van der Waals surface area contributed by atoms with Gasteiger partial charge in [0.2, 0.25) is 0 Å². The number of thiophene rings is 2. The molecule has 0 saturated carbocycles. The molecule has 0 aliphatic rings. The van der Waals surface area contributed by atoms with Gasteiger partial charge in [-0.1, -0.05) is 0 Å². The van der Waals surface area contributed by atoms with Crippen molar-refractivity contribution in [3.8, 4) is 0 Å². The van der Waals surface area contributed by atoms with Crippen LogP contribution in [0, 0.1) is 11.8 Å². The second-order valence-electron chi connectivity index (χ2n) is 11.5. The molecule has 5 heteroatoms. The van der Waals surface area contributed by atoms with E-state index >= 15 is 0 Å². The van der Waals surface area contributed by atoms with Crippen molar-refractivity contribution in [1.29, 1.82) is 0 Å². The van der Waals surface area contributed by atoms with Gasteiger partial charge in [-0.2, -0.15) is 0 Å². The van der Waals surface area contributed by atoms with Crippen LogP contribution in [0.5, 0.6) is 0 Å². The van der Waals surface area contributed by atoms with Crippen LogP contribution in [0.25, 0.3) is 20.4 Å². The summed E-state index contributed by atoms with van der Waals surface area (Å²) >= 11 is 0.168. The van der Waals surface area contributed by atoms with Gasteiger partial charge in [0.25, 0.3) is 0 Å². The maximum atomic E-state index is 2.73.